The van der Waals surface area contributed by atoms with Gasteiger partial charge in [-0.25, -0.2) is 0 Å². The third-order valence-corrected chi connectivity index (χ3v) is 8.21. The van der Waals surface area contributed by atoms with E-state index in [9.17, 15) is 15.0 Å². The highest BCUT2D eigenvalue weighted by Gasteiger charge is 2.57. The van der Waals surface area contributed by atoms with Crippen molar-refractivity contribution in [1.29, 1.82) is 0 Å². The predicted molar refractivity (Wildman–Crippen MR) is 136 cm³/mol. The number of carbonyl (C=O) groups is 1. The van der Waals surface area contributed by atoms with E-state index >= 15 is 0 Å². The molecule has 1 amide bonds. The first-order chi connectivity index (χ1) is 16.9. The van der Waals surface area contributed by atoms with Crippen molar-refractivity contribution in [2.24, 2.45) is 5.92 Å². The van der Waals surface area contributed by atoms with Crippen molar-refractivity contribution in [3.05, 3.63) is 65.7 Å². The highest BCUT2D eigenvalue weighted by atomic mass is 16.5. The first-order valence-corrected chi connectivity index (χ1v) is 12.8. The van der Waals surface area contributed by atoms with Crippen LogP contribution in [0.2, 0.25) is 0 Å². The molecular formula is C29H36N2O4. The van der Waals surface area contributed by atoms with Crippen LogP contribution in [0.15, 0.2) is 54.6 Å². The molecule has 6 heteroatoms. The Hall–Kier alpha value is -2.83. The predicted octanol–water partition coefficient (Wildman–Crippen LogP) is 3.87. The molecule has 2 saturated carbocycles. The highest BCUT2D eigenvalue weighted by molar-refractivity contribution is 5.92. The van der Waals surface area contributed by atoms with Gasteiger partial charge < -0.3 is 25.2 Å². The summed E-state index contributed by atoms with van der Waals surface area (Å²) in [4.78, 5) is 15.2. The molecule has 1 aliphatic heterocycles. The molecule has 0 aromatic heterocycles. The van der Waals surface area contributed by atoms with Crippen LogP contribution < -0.4 is 10.1 Å². The third-order valence-electron chi connectivity index (χ3n) is 8.21. The van der Waals surface area contributed by atoms with Gasteiger partial charge in [-0.3, -0.25) is 4.79 Å². The minimum atomic E-state index is -0.883. The lowest BCUT2D eigenvalue weighted by molar-refractivity contribution is -0.132. The number of amides is 1. The number of β-amino-alcohol motifs (C(OH)–C–C–N with tert-alkyl or cyclic N) is 1. The smallest absolute Gasteiger partial charge is 0.244 e. The SMILES string of the molecule is COc1cccc(C=CC(=O)N[C@@H]2CC[C@]3(O)CN(CC4CC4)CC[C@@]3(c3cccc(O)c3)C2)c1. The average molecular weight is 477 g/mol. The molecule has 1 saturated heterocycles. The van der Waals surface area contributed by atoms with Gasteiger partial charge in [-0.15, -0.1) is 0 Å². The number of methoxy groups -OCH3 is 1. The maximum Gasteiger partial charge on any atom is 0.244 e. The summed E-state index contributed by atoms with van der Waals surface area (Å²) in [5.41, 5.74) is 0.484. The number of likely N-dealkylation sites (tertiary alicyclic amines) is 1. The van der Waals surface area contributed by atoms with Crippen LogP contribution in [0.5, 0.6) is 11.5 Å². The van der Waals surface area contributed by atoms with Gasteiger partial charge in [0.25, 0.3) is 0 Å². The zero-order valence-corrected chi connectivity index (χ0v) is 20.5. The molecule has 2 aromatic rings. The normalized spacial score (nSPS) is 29.0. The van der Waals surface area contributed by atoms with Gasteiger partial charge in [0.05, 0.1) is 12.7 Å². The number of aromatic hydroxyl groups is 1. The quantitative estimate of drug-likeness (QED) is 0.529. The van der Waals surface area contributed by atoms with Gasteiger partial charge in [-0.05, 0) is 92.5 Å². The monoisotopic (exact) mass is 476 g/mol. The fourth-order valence-corrected chi connectivity index (χ4v) is 6.17. The number of piperidine rings is 1. The molecule has 3 N–H and O–H groups in total. The van der Waals surface area contributed by atoms with E-state index in [1.807, 2.05) is 36.4 Å². The lowest BCUT2D eigenvalue weighted by atomic mass is 9.55. The average Bonchev–Trinajstić information content (AvgIpc) is 3.67. The molecule has 3 fully saturated rings. The largest absolute Gasteiger partial charge is 0.508 e. The molecule has 1 heterocycles. The molecule has 3 aliphatic rings. The van der Waals surface area contributed by atoms with Gasteiger partial charge in [0.1, 0.15) is 11.5 Å². The summed E-state index contributed by atoms with van der Waals surface area (Å²) in [5.74, 6) is 1.60. The van der Waals surface area contributed by atoms with E-state index in [1.54, 1.807) is 31.4 Å². The van der Waals surface area contributed by atoms with Gasteiger partial charge in [0.2, 0.25) is 5.91 Å². The molecule has 2 aliphatic carbocycles. The summed E-state index contributed by atoms with van der Waals surface area (Å²) in [7, 11) is 1.62. The molecule has 6 nitrogen and oxygen atoms in total. The Bertz CT molecular complexity index is 1100. The van der Waals surface area contributed by atoms with Gasteiger partial charge in [0, 0.05) is 30.6 Å². The molecular weight excluding hydrogens is 440 g/mol. The second-order valence-electron chi connectivity index (χ2n) is 10.7. The summed E-state index contributed by atoms with van der Waals surface area (Å²) >= 11 is 0. The van der Waals surface area contributed by atoms with E-state index in [0.717, 1.165) is 48.7 Å². The highest BCUT2D eigenvalue weighted by Crippen LogP contribution is 2.52. The third kappa shape index (κ3) is 5.09. The van der Waals surface area contributed by atoms with Crippen LogP contribution in [0.25, 0.3) is 6.08 Å². The van der Waals surface area contributed by atoms with Gasteiger partial charge in [0.15, 0.2) is 0 Å². The Morgan fingerprint density at radius 3 is 2.77 bits per heavy atom. The zero-order valence-electron chi connectivity index (χ0n) is 20.5. The number of benzene rings is 2. The molecule has 35 heavy (non-hydrogen) atoms. The maximum absolute atomic E-state index is 12.8. The van der Waals surface area contributed by atoms with Crippen LogP contribution in [-0.4, -0.2) is 59.4 Å². The van der Waals surface area contributed by atoms with Gasteiger partial charge in [-0.2, -0.15) is 0 Å². The molecule has 0 bridgehead atoms. The van der Waals surface area contributed by atoms with Crippen LogP contribution in [0.4, 0.5) is 0 Å². The van der Waals surface area contributed by atoms with Crippen molar-refractivity contribution in [2.75, 3.05) is 26.7 Å². The van der Waals surface area contributed by atoms with Crippen molar-refractivity contribution in [3.8, 4) is 11.5 Å². The fraction of sp³-hybridized carbons (Fsp3) is 0.483. The lowest BCUT2D eigenvalue weighted by Crippen LogP contribution is -2.67. The van der Waals surface area contributed by atoms with E-state index < -0.39 is 11.0 Å². The van der Waals surface area contributed by atoms with Crippen molar-refractivity contribution in [1.82, 2.24) is 10.2 Å². The second kappa shape index (κ2) is 9.67. The molecule has 0 spiro atoms. The first-order valence-electron chi connectivity index (χ1n) is 12.8. The Morgan fingerprint density at radius 1 is 1.17 bits per heavy atom. The summed E-state index contributed by atoms with van der Waals surface area (Å²) in [6.45, 7) is 2.63. The number of rotatable bonds is 7. The molecule has 0 radical (unpaired) electrons. The van der Waals surface area contributed by atoms with Crippen LogP contribution in [0.1, 0.15) is 49.7 Å². The summed E-state index contributed by atoms with van der Waals surface area (Å²) < 4.78 is 5.26. The number of carbonyl (C=O) groups excluding carboxylic acids is 1. The van der Waals surface area contributed by atoms with Crippen molar-refractivity contribution in [3.63, 3.8) is 0 Å². The van der Waals surface area contributed by atoms with Gasteiger partial charge in [-0.1, -0.05) is 24.3 Å². The van der Waals surface area contributed by atoms with E-state index in [4.69, 9.17) is 4.74 Å². The Kier molecular flexibility index (Phi) is 6.60. The number of fused-ring (bicyclic) bond motifs is 1. The van der Waals surface area contributed by atoms with Gasteiger partial charge >= 0.3 is 0 Å². The minimum Gasteiger partial charge on any atom is -0.508 e. The zero-order chi connectivity index (χ0) is 24.5. The molecule has 186 valence electrons. The number of phenols is 1. The van der Waals surface area contributed by atoms with Crippen LogP contribution >= 0.6 is 0 Å². The molecule has 5 rings (SSSR count). The van der Waals surface area contributed by atoms with E-state index in [2.05, 4.69) is 10.2 Å². The number of hydrogen-bond donors (Lipinski definition) is 3. The van der Waals surface area contributed by atoms with Crippen molar-refractivity contribution in [2.45, 2.75) is 55.6 Å². The summed E-state index contributed by atoms with van der Waals surface area (Å²) in [6.07, 6.45) is 8.76. The molecule has 2 aromatic carbocycles. The summed E-state index contributed by atoms with van der Waals surface area (Å²) in [5, 5.41) is 25.5. The van der Waals surface area contributed by atoms with Crippen molar-refractivity contribution >= 4 is 12.0 Å². The molecule has 3 atom stereocenters. The van der Waals surface area contributed by atoms with E-state index in [-0.39, 0.29) is 17.7 Å². The number of nitrogens with zero attached hydrogens (tertiary/aromatic N) is 1. The fourth-order valence-electron chi connectivity index (χ4n) is 6.17. The topological polar surface area (TPSA) is 82.0 Å². The van der Waals surface area contributed by atoms with E-state index in [0.29, 0.717) is 19.4 Å². The Balaban J connectivity index is 1.33. The number of hydrogen-bond acceptors (Lipinski definition) is 5. The number of ether oxygens (including phenoxy) is 1. The van der Waals surface area contributed by atoms with Crippen molar-refractivity contribution < 1.29 is 19.7 Å². The second-order valence-corrected chi connectivity index (χ2v) is 10.7. The maximum atomic E-state index is 12.8. The van der Waals surface area contributed by atoms with Crippen LogP contribution in [0, 0.1) is 5.92 Å². The number of nitrogens with one attached hydrogen (secondary N) is 1. The van der Waals surface area contributed by atoms with Crippen LogP contribution in [0.3, 0.4) is 0 Å². The lowest BCUT2D eigenvalue weighted by Gasteiger charge is -2.58. The first kappa shape index (κ1) is 23.9. The summed E-state index contributed by atoms with van der Waals surface area (Å²) in [6, 6.07) is 14.9. The number of aliphatic hydroxyl groups is 1. The van der Waals surface area contributed by atoms with Crippen LogP contribution in [-0.2, 0) is 10.2 Å². The standard InChI is InChI=1S/C29H36N2O4/c1-35-26-7-2-4-21(16-26)10-11-27(33)30-24-12-13-29(34)20-31(19-22-8-9-22)15-14-28(29,18-24)23-5-3-6-25(32)17-23/h2-7,10-11,16-17,22,24,32,34H,8-9,12-15,18-20H2,1H3,(H,30,33)/t24-,28+,29+/m1/s1. The molecule has 0 unspecified atom stereocenters. The Morgan fingerprint density at radius 2 is 2.00 bits per heavy atom. The van der Waals surface area contributed by atoms with E-state index in [1.165, 1.54) is 12.8 Å². The minimum absolute atomic E-state index is 0.0462. The Labute approximate surface area is 207 Å². The number of phenolic OH excluding ortho intramolecular Hbond substituents is 1.